The molecular weight excluding hydrogens is 493 g/mol. The summed E-state index contributed by atoms with van der Waals surface area (Å²) in [7, 11) is 1.59. The molecule has 0 saturated carbocycles. The van der Waals surface area contributed by atoms with Crippen LogP contribution in [0.15, 0.2) is 66.7 Å². The monoisotopic (exact) mass is 513 g/mol. The minimum Gasteiger partial charge on any atom is -0.493 e. The molecule has 5 rings (SSSR count). The van der Waals surface area contributed by atoms with Crippen molar-refractivity contribution in [2.45, 2.75) is 18.7 Å². The van der Waals surface area contributed by atoms with Crippen LogP contribution in [0.25, 0.3) is 0 Å². The summed E-state index contributed by atoms with van der Waals surface area (Å²) in [4.78, 5) is 15.6. The number of nitrogens with zero attached hydrogens (tertiary/aromatic N) is 1. The van der Waals surface area contributed by atoms with Crippen LogP contribution in [0.3, 0.4) is 0 Å². The maximum Gasteiger partial charge on any atom is 0.236 e. The summed E-state index contributed by atoms with van der Waals surface area (Å²) in [6.45, 7) is 1.86. The van der Waals surface area contributed by atoms with Crippen molar-refractivity contribution in [1.29, 1.82) is 0 Å². The third kappa shape index (κ3) is 3.74. The highest BCUT2D eigenvalue weighted by Gasteiger charge is 2.59. The van der Waals surface area contributed by atoms with Crippen LogP contribution in [0.4, 0.5) is 11.4 Å². The zero-order valence-electron chi connectivity index (χ0n) is 18.3. The molecule has 3 atom stereocenters. The van der Waals surface area contributed by atoms with Crippen LogP contribution < -0.4 is 25.0 Å². The number of carbonyl (C=O) groups is 1. The van der Waals surface area contributed by atoms with Gasteiger partial charge in [0.15, 0.2) is 22.3 Å². The number of anilines is 2. The molecule has 2 bridgehead atoms. The van der Waals surface area contributed by atoms with Crippen LogP contribution in [0.1, 0.15) is 18.5 Å². The lowest BCUT2D eigenvalue weighted by Gasteiger charge is -2.56. The largest absolute Gasteiger partial charge is 0.493 e. The minimum atomic E-state index is -1.17. The van der Waals surface area contributed by atoms with Gasteiger partial charge >= 0.3 is 0 Å². The standard InChI is InChI=1S/C25H21Cl2N3O3S/c1-25-20(23(31)28-16-10-6-14(26)7-11-16)21(18-4-3-5-19(32-2)22(18)33-25)29-24(34)30(25)17-12-8-15(27)9-13-17/h3-13,20-21H,1-2H3,(H,28,31)(H,29,34)/t20-,21+,25+/m0/s1. The number of ether oxygens (including phenoxy) is 2. The minimum absolute atomic E-state index is 0.225. The van der Waals surface area contributed by atoms with Crippen LogP contribution in [-0.4, -0.2) is 23.9 Å². The van der Waals surface area contributed by atoms with Gasteiger partial charge in [-0.2, -0.15) is 0 Å². The van der Waals surface area contributed by atoms with Gasteiger partial charge in [0.05, 0.1) is 13.2 Å². The number of nitrogens with one attached hydrogen (secondary N) is 2. The highest BCUT2D eigenvalue weighted by atomic mass is 35.5. The smallest absolute Gasteiger partial charge is 0.236 e. The van der Waals surface area contributed by atoms with E-state index < -0.39 is 17.7 Å². The number of fused-ring (bicyclic) bond motifs is 4. The summed E-state index contributed by atoms with van der Waals surface area (Å²) in [6, 6.07) is 19.4. The molecule has 34 heavy (non-hydrogen) atoms. The molecular formula is C25H21Cl2N3O3S. The number of halogens is 2. The van der Waals surface area contributed by atoms with Gasteiger partial charge in [-0.3, -0.25) is 9.69 Å². The van der Waals surface area contributed by atoms with Crippen molar-refractivity contribution < 1.29 is 14.3 Å². The van der Waals surface area contributed by atoms with E-state index in [9.17, 15) is 4.79 Å². The van der Waals surface area contributed by atoms with Crippen LogP contribution >= 0.6 is 35.4 Å². The summed E-state index contributed by atoms with van der Waals surface area (Å²) in [5.74, 6) is 0.250. The van der Waals surface area contributed by atoms with Gasteiger partial charge in [-0.25, -0.2) is 0 Å². The van der Waals surface area contributed by atoms with E-state index in [1.807, 2.05) is 42.2 Å². The number of carbonyl (C=O) groups excluding carboxylic acids is 1. The van der Waals surface area contributed by atoms with E-state index >= 15 is 0 Å². The third-order valence-electron chi connectivity index (χ3n) is 6.19. The Morgan fingerprint density at radius 3 is 2.38 bits per heavy atom. The summed E-state index contributed by atoms with van der Waals surface area (Å²) in [5, 5.41) is 8.01. The van der Waals surface area contributed by atoms with Crippen molar-refractivity contribution in [1.82, 2.24) is 5.32 Å². The van der Waals surface area contributed by atoms with Crippen LogP contribution in [0.5, 0.6) is 11.5 Å². The van der Waals surface area contributed by atoms with Crippen molar-refractivity contribution in [2.75, 3.05) is 17.3 Å². The Morgan fingerprint density at radius 1 is 1.09 bits per heavy atom. The van der Waals surface area contributed by atoms with Gasteiger partial charge in [0.1, 0.15) is 5.92 Å². The van der Waals surface area contributed by atoms with Gasteiger partial charge < -0.3 is 20.1 Å². The number of hydrogen-bond donors (Lipinski definition) is 2. The molecule has 0 spiro atoms. The summed E-state index contributed by atoms with van der Waals surface area (Å²) < 4.78 is 12.2. The lowest BCUT2D eigenvalue weighted by atomic mass is 9.78. The second-order valence-corrected chi connectivity index (χ2v) is 9.51. The molecule has 0 aromatic heterocycles. The molecule has 1 saturated heterocycles. The molecule has 2 aliphatic rings. The lowest BCUT2D eigenvalue weighted by molar-refractivity contribution is -0.130. The normalized spacial score (nSPS) is 22.8. The topological polar surface area (TPSA) is 62.8 Å². The first-order valence-electron chi connectivity index (χ1n) is 10.6. The van der Waals surface area contributed by atoms with E-state index in [1.54, 1.807) is 43.5 Å². The molecule has 2 N–H and O–H groups in total. The summed E-state index contributed by atoms with van der Waals surface area (Å²) in [6.07, 6.45) is 0. The number of benzene rings is 3. The number of methoxy groups -OCH3 is 1. The van der Waals surface area contributed by atoms with E-state index in [0.29, 0.717) is 32.3 Å². The van der Waals surface area contributed by atoms with Gasteiger partial charge in [-0.1, -0.05) is 35.3 Å². The van der Waals surface area contributed by atoms with Crippen molar-refractivity contribution >= 4 is 57.8 Å². The molecule has 3 aromatic carbocycles. The predicted molar refractivity (Wildman–Crippen MR) is 138 cm³/mol. The average molecular weight is 514 g/mol. The number of thiocarbonyl (C=S) groups is 1. The number of rotatable bonds is 4. The second-order valence-electron chi connectivity index (χ2n) is 8.25. The van der Waals surface area contributed by atoms with Crippen molar-refractivity contribution in [2.24, 2.45) is 5.92 Å². The molecule has 0 unspecified atom stereocenters. The van der Waals surface area contributed by atoms with E-state index in [1.165, 1.54) is 0 Å². The fourth-order valence-electron chi connectivity index (χ4n) is 4.66. The fraction of sp³-hybridized carbons (Fsp3) is 0.200. The van der Waals surface area contributed by atoms with Gasteiger partial charge in [0.2, 0.25) is 5.91 Å². The molecule has 0 radical (unpaired) electrons. The van der Waals surface area contributed by atoms with Crippen LogP contribution in [0.2, 0.25) is 10.0 Å². The molecule has 6 nitrogen and oxygen atoms in total. The molecule has 2 aliphatic heterocycles. The number of amides is 1. The van der Waals surface area contributed by atoms with Crippen LogP contribution in [0, 0.1) is 5.92 Å². The molecule has 1 amide bonds. The molecule has 0 aliphatic carbocycles. The molecule has 9 heteroatoms. The highest BCUT2D eigenvalue weighted by Crippen LogP contribution is 2.52. The highest BCUT2D eigenvalue weighted by molar-refractivity contribution is 7.80. The molecule has 3 aromatic rings. The fourth-order valence-corrected chi connectivity index (χ4v) is 5.33. The van der Waals surface area contributed by atoms with Gasteiger partial charge in [-0.15, -0.1) is 0 Å². The van der Waals surface area contributed by atoms with Gasteiger partial charge in [-0.05, 0) is 73.7 Å². The molecule has 1 fully saturated rings. The number of hydrogen-bond acceptors (Lipinski definition) is 4. The van der Waals surface area contributed by atoms with Crippen molar-refractivity contribution in [3.8, 4) is 11.5 Å². The molecule has 174 valence electrons. The Bertz CT molecular complexity index is 1270. The van der Waals surface area contributed by atoms with Crippen molar-refractivity contribution in [3.05, 3.63) is 82.3 Å². The number of para-hydroxylation sites is 1. The second kappa shape index (κ2) is 8.65. The maximum absolute atomic E-state index is 13.8. The first kappa shape index (κ1) is 22.8. The third-order valence-corrected chi connectivity index (χ3v) is 6.99. The van der Waals surface area contributed by atoms with E-state index in [-0.39, 0.29) is 5.91 Å². The maximum atomic E-state index is 13.8. The van der Waals surface area contributed by atoms with Crippen LogP contribution in [-0.2, 0) is 4.79 Å². The Kier molecular flexibility index (Phi) is 5.80. The molecule has 2 heterocycles. The van der Waals surface area contributed by atoms with E-state index in [0.717, 1.165) is 11.3 Å². The summed E-state index contributed by atoms with van der Waals surface area (Å²) >= 11 is 17.9. The average Bonchev–Trinajstić information content (AvgIpc) is 2.81. The Morgan fingerprint density at radius 2 is 1.74 bits per heavy atom. The first-order valence-corrected chi connectivity index (χ1v) is 11.8. The van der Waals surface area contributed by atoms with Gasteiger partial charge in [0.25, 0.3) is 0 Å². The van der Waals surface area contributed by atoms with E-state index in [2.05, 4.69) is 10.6 Å². The quantitative estimate of drug-likeness (QED) is 0.429. The summed E-state index contributed by atoms with van der Waals surface area (Å²) in [5.41, 5.74) is 1.00. The predicted octanol–water partition coefficient (Wildman–Crippen LogP) is 5.80. The first-order chi connectivity index (χ1) is 16.3. The Balaban J connectivity index is 1.64. The Hall–Kier alpha value is -3.00. The van der Waals surface area contributed by atoms with Gasteiger partial charge in [0, 0.05) is 27.0 Å². The zero-order valence-corrected chi connectivity index (χ0v) is 20.7. The van der Waals surface area contributed by atoms with E-state index in [4.69, 9.17) is 44.9 Å². The SMILES string of the molecule is COc1cccc2c1O[C@]1(C)[C@H](C(=O)Nc3ccc(Cl)cc3)[C@@H]2NC(=S)N1c1ccc(Cl)cc1. The Labute approximate surface area is 212 Å². The van der Waals surface area contributed by atoms with Crippen molar-refractivity contribution in [3.63, 3.8) is 0 Å². The zero-order chi connectivity index (χ0) is 24.0. The lowest BCUT2D eigenvalue weighted by Crippen LogP contribution is -2.72.